The van der Waals surface area contributed by atoms with Crippen molar-refractivity contribution >= 4 is 27.5 Å². The van der Waals surface area contributed by atoms with Crippen LogP contribution in [-0.2, 0) is 0 Å². The Morgan fingerprint density at radius 2 is 2.22 bits per heavy atom. The summed E-state index contributed by atoms with van der Waals surface area (Å²) in [4.78, 5) is 8.47. The van der Waals surface area contributed by atoms with Crippen LogP contribution in [0.3, 0.4) is 0 Å². The second kappa shape index (κ2) is 6.27. The number of rotatable bonds is 4. The van der Waals surface area contributed by atoms with Gasteiger partial charge in [0.25, 0.3) is 0 Å². The Morgan fingerprint density at radius 3 is 2.83 bits per heavy atom. The van der Waals surface area contributed by atoms with E-state index in [9.17, 15) is 0 Å². The topological polar surface area (TPSA) is 37.8 Å². The normalized spacial score (nSPS) is 12.4. The van der Waals surface area contributed by atoms with E-state index in [2.05, 4.69) is 38.1 Å². The molecular formula is C13H13BrClN3. The SMILES string of the molecule is CCNC(c1ccc(Cl)c(Br)c1)c1cnccn1. The molecule has 0 spiro atoms. The van der Waals surface area contributed by atoms with Crippen LogP contribution in [0.15, 0.2) is 41.3 Å². The lowest BCUT2D eigenvalue weighted by molar-refractivity contribution is 0.612. The summed E-state index contributed by atoms with van der Waals surface area (Å²) in [6.07, 6.45) is 5.14. The van der Waals surface area contributed by atoms with E-state index < -0.39 is 0 Å². The highest BCUT2D eigenvalue weighted by Crippen LogP contribution is 2.28. The lowest BCUT2D eigenvalue weighted by Gasteiger charge is -2.18. The minimum Gasteiger partial charge on any atom is -0.305 e. The fourth-order valence-corrected chi connectivity index (χ4v) is 2.26. The molecule has 0 saturated carbocycles. The Hall–Kier alpha value is -0.970. The van der Waals surface area contributed by atoms with Gasteiger partial charge in [-0.2, -0.15) is 0 Å². The first-order valence-electron chi connectivity index (χ1n) is 5.66. The van der Waals surface area contributed by atoms with Gasteiger partial charge in [0.2, 0.25) is 0 Å². The predicted octanol–water partition coefficient (Wildman–Crippen LogP) is 3.59. The third-order valence-electron chi connectivity index (χ3n) is 2.56. The minimum absolute atomic E-state index is 0.0252. The van der Waals surface area contributed by atoms with E-state index >= 15 is 0 Å². The molecule has 94 valence electrons. The Morgan fingerprint density at radius 1 is 1.39 bits per heavy atom. The van der Waals surface area contributed by atoms with Gasteiger partial charge < -0.3 is 5.32 Å². The maximum atomic E-state index is 6.01. The van der Waals surface area contributed by atoms with E-state index in [0.717, 1.165) is 22.3 Å². The Bertz CT molecular complexity index is 519. The van der Waals surface area contributed by atoms with Crippen molar-refractivity contribution in [3.63, 3.8) is 0 Å². The Labute approximate surface area is 120 Å². The van der Waals surface area contributed by atoms with Crippen molar-refractivity contribution in [2.24, 2.45) is 0 Å². The molecule has 0 radical (unpaired) electrons. The van der Waals surface area contributed by atoms with E-state index in [1.807, 2.05) is 18.2 Å². The summed E-state index contributed by atoms with van der Waals surface area (Å²) in [6.45, 7) is 2.91. The average molecular weight is 327 g/mol. The summed E-state index contributed by atoms with van der Waals surface area (Å²) >= 11 is 9.46. The molecule has 2 rings (SSSR count). The summed E-state index contributed by atoms with van der Waals surface area (Å²) < 4.78 is 0.883. The molecule has 1 aromatic carbocycles. The molecule has 18 heavy (non-hydrogen) atoms. The smallest absolute Gasteiger partial charge is 0.0801 e. The number of nitrogens with one attached hydrogen (secondary N) is 1. The number of hydrogen-bond acceptors (Lipinski definition) is 3. The van der Waals surface area contributed by atoms with Crippen LogP contribution in [0.1, 0.15) is 24.2 Å². The quantitative estimate of drug-likeness (QED) is 0.933. The Kier molecular flexibility index (Phi) is 4.69. The van der Waals surface area contributed by atoms with Crippen LogP contribution in [0, 0.1) is 0 Å². The zero-order valence-corrected chi connectivity index (χ0v) is 12.2. The van der Waals surface area contributed by atoms with Crippen molar-refractivity contribution in [1.82, 2.24) is 15.3 Å². The lowest BCUT2D eigenvalue weighted by atomic mass is 10.0. The highest BCUT2D eigenvalue weighted by Gasteiger charge is 2.15. The van der Waals surface area contributed by atoms with Gasteiger partial charge in [-0.3, -0.25) is 9.97 Å². The highest BCUT2D eigenvalue weighted by atomic mass is 79.9. The summed E-state index contributed by atoms with van der Waals surface area (Å²) in [5.41, 5.74) is 2.00. The summed E-state index contributed by atoms with van der Waals surface area (Å²) in [7, 11) is 0. The standard InChI is InChI=1S/C13H13BrClN3/c1-2-17-13(12-8-16-5-6-18-12)9-3-4-11(15)10(14)7-9/h3-8,13,17H,2H2,1H3. The summed E-state index contributed by atoms with van der Waals surface area (Å²) in [5.74, 6) is 0. The van der Waals surface area contributed by atoms with Gasteiger partial charge in [0, 0.05) is 16.9 Å². The second-order valence-electron chi connectivity index (χ2n) is 3.79. The number of hydrogen-bond donors (Lipinski definition) is 1. The van der Waals surface area contributed by atoms with Gasteiger partial charge >= 0.3 is 0 Å². The molecule has 0 amide bonds. The van der Waals surface area contributed by atoms with Gasteiger partial charge in [-0.15, -0.1) is 0 Å². The van der Waals surface area contributed by atoms with Crippen molar-refractivity contribution in [2.75, 3.05) is 6.54 Å². The van der Waals surface area contributed by atoms with E-state index in [1.165, 1.54) is 0 Å². The van der Waals surface area contributed by atoms with Gasteiger partial charge in [-0.1, -0.05) is 24.6 Å². The van der Waals surface area contributed by atoms with Crippen LogP contribution in [0.5, 0.6) is 0 Å². The molecule has 0 bridgehead atoms. The summed E-state index contributed by atoms with van der Waals surface area (Å²) in [6, 6.07) is 5.90. The highest BCUT2D eigenvalue weighted by molar-refractivity contribution is 9.10. The van der Waals surface area contributed by atoms with Crippen molar-refractivity contribution in [3.8, 4) is 0 Å². The molecule has 3 nitrogen and oxygen atoms in total. The molecular weight excluding hydrogens is 314 g/mol. The van der Waals surface area contributed by atoms with Crippen LogP contribution >= 0.6 is 27.5 Å². The molecule has 1 unspecified atom stereocenters. The molecule has 0 fully saturated rings. The summed E-state index contributed by atoms with van der Waals surface area (Å²) in [5, 5.41) is 4.10. The van der Waals surface area contributed by atoms with Gasteiger partial charge in [-0.05, 0) is 40.2 Å². The molecule has 1 aromatic heterocycles. The van der Waals surface area contributed by atoms with Gasteiger partial charge in [0.1, 0.15) is 0 Å². The minimum atomic E-state index is 0.0252. The predicted molar refractivity (Wildman–Crippen MR) is 76.7 cm³/mol. The van der Waals surface area contributed by atoms with Crippen LogP contribution in [0.4, 0.5) is 0 Å². The number of aromatic nitrogens is 2. The van der Waals surface area contributed by atoms with E-state index in [0.29, 0.717) is 5.02 Å². The zero-order chi connectivity index (χ0) is 13.0. The van der Waals surface area contributed by atoms with Gasteiger partial charge in [0.05, 0.1) is 23.0 Å². The van der Waals surface area contributed by atoms with Crippen molar-refractivity contribution in [2.45, 2.75) is 13.0 Å². The number of halogens is 2. The molecule has 5 heteroatoms. The molecule has 1 N–H and O–H groups in total. The molecule has 0 aliphatic rings. The monoisotopic (exact) mass is 325 g/mol. The fraction of sp³-hybridized carbons (Fsp3) is 0.231. The molecule has 0 aliphatic heterocycles. The largest absolute Gasteiger partial charge is 0.305 e. The molecule has 2 aromatic rings. The molecule has 0 saturated heterocycles. The lowest BCUT2D eigenvalue weighted by Crippen LogP contribution is -2.23. The molecule has 1 heterocycles. The van der Waals surface area contributed by atoms with Crippen LogP contribution in [0.2, 0.25) is 5.02 Å². The van der Waals surface area contributed by atoms with Crippen LogP contribution in [-0.4, -0.2) is 16.5 Å². The first-order valence-corrected chi connectivity index (χ1v) is 6.83. The molecule has 0 aliphatic carbocycles. The first kappa shape index (κ1) is 13.5. The van der Waals surface area contributed by atoms with Crippen molar-refractivity contribution in [3.05, 3.63) is 57.5 Å². The third kappa shape index (κ3) is 3.07. The maximum Gasteiger partial charge on any atom is 0.0801 e. The van der Waals surface area contributed by atoms with E-state index in [1.54, 1.807) is 18.6 Å². The van der Waals surface area contributed by atoms with E-state index in [-0.39, 0.29) is 6.04 Å². The first-order chi connectivity index (χ1) is 8.72. The molecule has 1 atom stereocenters. The third-order valence-corrected chi connectivity index (χ3v) is 3.78. The van der Waals surface area contributed by atoms with Crippen LogP contribution < -0.4 is 5.32 Å². The zero-order valence-electron chi connectivity index (χ0n) is 9.90. The van der Waals surface area contributed by atoms with Gasteiger partial charge in [-0.25, -0.2) is 0 Å². The number of nitrogens with zero attached hydrogens (tertiary/aromatic N) is 2. The second-order valence-corrected chi connectivity index (χ2v) is 5.06. The maximum absolute atomic E-state index is 6.01. The van der Waals surface area contributed by atoms with Crippen molar-refractivity contribution < 1.29 is 0 Å². The average Bonchev–Trinajstić information content (AvgIpc) is 2.40. The van der Waals surface area contributed by atoms with E-state index in [4.69, 9.17) is 11.6 Å². The van der Waals surface area contributed by atoms with Gasteiger partial charge in [0.15, 0.2) is 0 Å². The van der Waals surface area contributed by atoms with Crippen LogP contribution in [0.25, 0.3) is 0 Å². The fourth-order valence-electron chi connectivity index (χ4n) is 1.75. The number of benzene rings is 1. The Balaban J connectivity index is 2.38. The van der Waals surface area contributed by atoms with Crippen molar-refractivity contribution in [1.29, 1.82) is 0 Å².